The van der Waals surface area contributed by atoms with E-state index in [1.807, 2.05) is 0 Å². The van der Waals surface area contributed by atoms with Gasteiger partial charge in [0.2, 0.25) is 0 Å². The number of fused-ring (bicyclic) bond motifs is 1. The molecule has 2 atom stereocenters. The second-order valence-corrected chi connectivity index (χ2v) is 7.17. The van der Waals surface area contributed by atoms with Crippen molar-refractivity contribution in [1.82, 2.24) is 0 Å². The van der Waals surface area contributed by atoms with Crippen molar-refractivity contribution in [1.29, 1.82) is 0 Å². The maximum atomic E-state index is 2.40. The van der Waals surface area contributed by atoms with Gasteiger partial charge in [-0.2, -0.15) is 0 Å². The van der Waals surface area contributed by atoms with Gasteiger partial charge in [0.15, 0.2) is 0 Å². The predicted molar refractivity (Wildman–Crippen MR) is 97.4 cm³/mol. The Morgan fingerprint density at radius 3 is 2.09 bits per heavy atom. The second-order valence-electron chi connectivity index (χ2n) is 7.17. The lowest BCUT2D eigenvalue weighted by molar-refractivity contribution is 0.357. The monoisotopic (exact) mass is 300 g/mol. The van der Waals surface area contributed by atoms with Crippen molar-refractivity contribution in [2.45, 2.75) is 31.6 Å². The molecule has 0 bridgehead atoms. The van der Waals surface area contributed by atoms with Gasteiger partial charge in [-0.1, -0.05) is 91.4 Å². The van der Waals surface area contributed by atoms with E-state index < -0.39 is 0 Å². The van der Waals surface area contributed by atoms with Gasteiger partial charge in [0, 0.05) is 5.41 Å². The molecular weight excluding hydrogens is 276 g/mol. The van der Waals surface area contributed by atoms with E-state index in [2.05, 4.69) is 85.8 Å². The summed E-state index contributed by atoms with van der Waals surface area (Å²) in [5.41, 5.74) is 4.64. The molecule has 0 heteroatoms. The molecule has 1 saturated carbocycles. The molecule has 0 saturated heterocycles. The van der Waals surface area contributed by atoms with Crippen molar-refractivity contribution in [3.05, 3.63) is 95.6 Å². The smallest absolute Gasteiger partial charge is 0.0302 e. The summed E-state index contributed by atoms with van der Waals surface area (Å²) in [6, 6.07) is 22.3. The SMILES string of the molecule is CC1CC2=CC=CCC(c3ccccc3)(c3ccccc3)C2C1. The van der Waals surface area contributed by atoms with Gasteiger partial charge in [-0.25, -0.2) is 0 Å². The number of rotatable bonds is 2. The maximum absolute atomic E-state index is 2.40. The number of hydrogen-bond donors (Lipinski definition) is 0. The Bertz CT molecular complexity index is 682. The summed E-state index contributed by atoms with van der Waals surface area (Å²) in [5, 5.41) is 0. The Kier molecular flexibility index (Phi) is 3.69. The molecule has 2 unspecified atom stereocenters. The van der Waals surface area contributed by atoms with Gasteiger partial charge in [0.25, 0.3) is 0 Å². The third-order valence-corrected chi connectivity index (χ3v) is 5.73. The molecule has 0 N–H and O–H groups in total. The van der Waals surface area contributed by atoms with Crippen LogP contribution in [0.15, 0.2) is 84.5 Å². The van der Waals surface area contributed by atoms with Crippen LogP contribution in [0, 0.1) is 11.8 Å². The topological polar surface area (TPSA) is 0 Å². The van der Waals surface area contributed by atoms with E-state index in [9.17, 15) is 0 Å². The molecule has 1 fully saturated rings. The van der Waals surface area contributed by atoms with Crippen LogP contribution in [0.5, 0.6) is 0 Å². The van der Waals surface area contributed by atoms with Crippen LogP contribution in [0.25, 0.3) is 0 Å². The summed E-state index contributed by atoms with van der Waals surface area (Å²) in [5.74, 6) is 1.39. The normalized spacial score (nSPS) is 25.5. The van der Waals surface area contributed by atoms with Crippen molar-refractivity contribution < 1.29 is 0 Å². The molecule has 2 aliphatic carbocycles. The number of allylic oxidation sites excluding steroid dienone is 4. The molecule has 0 aliphatic heterocycles. The number of hydrogen-bond acceptors (Lipinski definition) is 0. The van der Waals surface area contributed by atoms with Crippen molar-refractivity contribution in [3.63, 3.8) is 0 Å². The van der Waals surface area contributed by atoms with Crippen molar-refractivity contribution >= 4 is 0 Å². The molecule has 2 aromatic carbocycles. The standard InChI is InChI=1S/C23H24/c1-18-16-19-10-8-9-15-23(22(19)17-18,20-11-4-2-5-12-20)21-13-6-3-7-14-21/h2-14,18,22H,15-17H2,1H3. The third-order valence-electron chi connectivity index (χ3n) is 5.73. The van der Waals surface area contributed by atoms with Crippen LogP contribution in [0.2, 0.25) is 0 Å². The van der Waals surface area contributed by atoms with E-state index >= 15 is 0 Å². The molecule has 23 heavy (non-hydrogen) atoms. The average molecular weight is 300 g/mol. The molecule has 0 spiro atoms. The lowest BCUT2D eigenvalue weighted by Gasteiger charge is -2.40. The van der Waals surface area contributed by atoms with Crippen LogP contribution < -0.4 is 0 Å². The zero-order chi connectivity index (χ0) is 15.7. The summed E-state index contributed by atoms with van der Waals surface area (Å²) in [6.45, 7) is 2.40. The highest BCUT2D eigenvalue weighted by Gasteiger charge is 2.46. The minimum absolute atomic E-state index is 0.0755. The average Bonchev–Trinajstić information content (AvgIpc) is 2.89. The Morgan fingerprint density at radius 1 is 0.870 bits per heavy atom. The fraction of sp³-hybridized carbons (Fsp3) is 0.304. The first-order valence-corrected chi connectivity index (χ1v) is 8.77. The zero-order valence-corrected chi connectivity index (χ0v) is 13.8. The molecule has 4 rings (SSSR count). The van der Waals surface area contributed by atoms with Crippen LogP contribution in [-0.4, -0.2) is 0 Å². The number of benzene rings is 2. The van der Waals surface area contributed by atoms with E-state index in [1.54, 1.807) is 5.57 Å². The second kappa shape index (κ2) is 5.85. The van der Waals surface area contributed by atoms with Gasteiger partial charge >= 0.3 is 0 Å². The first-order valence-electron chi connectivity index (χ1n) is 8.77. The highest BCUT2D eigenvalue weighted by atomic mass is 14.5. The Labute approximate surface area is 139 Å². The summed E-state index contributed by atoms with van der Waals surface area (Å²) in [7, 11) is 0. The van der Waals surface area contributed by atoms with Crippen molar-refractivity contribution in [3.8, 4) is 0 Å². The van der Waals surface area contributed by atoms with Gasteiger partial charge in [0.1, 0.15) is 0 Å². The Balaban J connectivity index is 1.96. The van der Waals surface area contributed by atoms with Gasteiger partial charge in [-0.15, -0.1) is 0 Å². The van der Waals surface area contributed by atoms with E-state index in [-0.39, 0.29) is 5.41 Å². The minimum atomic E-state index is 0.0755. The predicted octanol–water partition coefficient (Wildman–Crippen LogP) is 5.91. The Morgan fingerprint density at radius 2 is 1.48 bits per heavy atom. The lowest BCUT2D eigenvalue weighted by atomic mass is 9.62. The molecule has 0 aromatic heterocycles. The molecule has 0 radical (unpaired) electrons. The Hall–Kier alpha value is -2.08. The van der Waals surface area contributed by atoms with Crippen LogP contribution in [-0.2, 0) is 5.41 Å². The van der Waals surface area contributed by atoms with Gasteiger partial charge in [-0.05, 0) is 42.2 Å². The molecular formula is C23H24. The van der Waals surface area contributed by atoms with E-state index in [1.165, 1.54) is 24.0 Å². The van der Waals surface area contributed by atoms with Gasteiger partial charge < -0.3 is 0 Å². The first-order chi connectivity index (χ1) is 11.3. The summed E-state index contributed by atoms with van der Waals surface area (Å²) >= 11 is 0. The largest absolute Gasteiger partial charge is 0.0833 e. The quantitative estimate of drug-likeness (QED) is 0.647. The summed E-state index contributed by atoms with van der Waals surface area (Å²) in [6.07, 6.45) is 10.7. The maximum Gasteiger partial charge on any atom is 0.0302 e. The van der Waals surface area contributed by atoms with Crippen LogP contribution in [0.3, 0.4) is 0 Å². The van der Waals surface area contributed by atoms with Gasteiger partial charge in [0.05, 0.1) is 0 Å². The van der Waals surface area contributed by atoms with Crippen molar-refractivity contribution in [2.75, 3.05) is 0 Å². The first kappa shape index (κ1) is 14.5. The van der Waals surface area contributed by atoms with E-state index in [0.29, 0.717) is 5.92 Å². The molecule has 2 aromatic rings. The lowest BCUT2D eigenvalue weighted by Crippen LogP contribution is -2.35. The van der Waals surface area contributed by atoms with Crippen LogP contribution in [0.1, 0.15) is 37.3 Å². The van der Waals surface area contributed by atoms with Crippen LogP contribution in [0.4, 0.5) is 0 Å². The van der Waals surface area contributed by atoms with Gasteiger partial charge in [-0.3, -0.25) is 0 Å². The fourth-order valence-electron chi connectivity index (χ4n) is 4.75. The van der Waals surface area contributed by atoms with E-state index in [4.69, 9.17) is 0 Å². The molecule has 0 nitrogen and oxygen atoms in total. The summed E-state index contributed by atoms with van der Waals surface area (Å²) < 4.78 is 0. The molecule has 0 heterocycles. The molecule has 0 amide bonds. The third kappa shape index (κ3) is 2.37. The van der Waals surface area contributed by atoms with Crippen LogP contribution >= 0.6 is 0 Å². The highest BCUT2D eigenvalue weighted by molar-refractivity contribution is 5.46. The van der Waals surface area contributed by atoms with E-state index in [0.717, 1.165) is 12.3 Å². The molecule has 116 valence electrons. The summed E-state index contributed by atoms with van der Waals surface area (Å²) in [4.78, 5) is 0. The zero-order valence-electron chi connectivity index (χ0n) is 13.8. The fourth-order valence-corrected chi connectivity index (χ4v) is 4.75. The minimum Gasteiger partial charge on any atom is -0.0833 e. The molecule has 2 aliphatic rings. The highest BCUT2D eigenvalue weighted by Crippen LogP contribution is 2.53. The van der Waals surface area contributed by atoms with Crippen molar-refractivity contribution in [2.24, 2.45) is 11.8 Å².